The van der Waals surface area contributed by atoms with Crippen molar-refractivity contribution in [2.45, 2.75) is 49.8 Å². The molecule has 3 rings (SSSR count). The van der Waals surface area contributed by atoms with Crippen molar-refractivity contribution in [3.63, 3.8) is 0 Å². The zero-order valence-corrected chi connectivity index (χ0v) is 18.1. The van der Waals surface area contributed by atoms with Crippen LogP contribution in [0.25, 0.3) is 0 Å². The van der Waals surface area contributed by atoms with Gasteiger partial charge in [0.25, 0.3) is 0 Å². The van der Waals surface area contributed by atoms with Crippen molar-refractivity contribution in [2.24, 2.45) is 5.41 Å². The standard InChI is InChI=1S/C23H26ClFN2S/c1-22(2,3)23(16-27-15-14-26-17-27,28-21-10-6-19(24)7-11-21)13-12-18-4-8-20(25)9-5-18/h4-11,14-15,17H,12-13,16H2,1-3H3. The number of aromatic nitrogens is 2. The molecule has 0 aliphatic rings. The van der Waals surface area contributed by atoms with E-state index in [9.17, 15) is 4.39 Å². The fraction of sp³-hybridized carbons (Fsp3) is 0.348. The highest BCUT2D eigenvalue weighted by Gasteiger charge is 2.43. The lowest BCUT2D eigenvalue weighted by Gasteiger charge is -2.45. The molecule has 1 aromatic heterocycles. The van der Waals surface area contributed by atoms with Crippen molar-refractivity contribution in [1.82, 2.24) is 9.55 Å². The Morgan fingerprint density at radius 2 is 1.71 bits per heavy atom. The molecule has 1 atom stereocenters. The van der Waals surface area contributed by atoms with Crippen LogP contribution in [0.3, 0.4) is 0 Å². The molecule has 0 radical (unpaired) electrons. The first-order valence-electron chi connectivity index (χ1n) is 9.42. The summed E-state index contributed by atoms with van der Waals surface area (Å²) < 4.78 is 15.4. The predicted molar refractivity (Wildman–Crippen MR) is 116 cm³/mol. The van der Waals surface area contributed by atoms with Crippen LogP contribution in [-0.4, -0.2) is 14.3 Å². The molecule has 0 fully saturated rings. The maximum atomic E-state index is 13.3. The summed E-state index contributed by atoms with van der Waals surface area (Å²) in [6, 6.07) is 14.9. The molecule has 28 heavy (non-hydrogen) atoms. The second-order valence-corrected chi connectivity index (χ2v) is 10.1. The summed E-state index contributed by atoms with van der Waals surface area (Å²) in [5.41, 5.74) is 1.17. The highest BCUT2D eigenvalue weighted by molar-refractivity contribution is 8.00. The minimum Gasteiger partial charge on any atom is -0.336 e. The number of hydrogen-bond donors (Lipinski definition) is 0. The van der Waals surface area contributed by atoms with E-state index in [-0.39, 0.29) is 16.0 Å². The quantitative estimate of drug-likeness (QED) is 0.390. The lowest BCUT2D eigenvalue weighted by Crippen LogP contribution is -2.44. The Balaban J connectivity index is 1.93. The molecule has 0 bridgehead atoms. The number of halogens is 2. The number of aryl methyl sites for hydroxylation is 1. The Kier molecular flexibility index (Phi) is 6.51. The van der Waals surface area contributed by atoms with Crippen LogP contribution < -0.4 is 0 Å². The number of rotatable bonds is 7. The minimum absolute atomic E-state index is 0.0155. The van der Waals surface area contributed by atoms with Crippen molar-refractivity contribution in [3.05, 3.63) is 83.7 Å². The summed E-state index contributed by atoms with van der Waals surface area (Å²) in [5.74, 6) is -0.195. The van der Waals surface area contributed by atoms with Crippen molar-refractivity contribution >= 4 is 23.4 Å². The third kappa shape index (κ3) is 5.18. The molecule has 0 N–H and O–H groups in total. The van der Waals surface area contributed by atoms with Gasteiger partial charge in [-0.05, 0) is 60.2 Å². The lowest BCUT2D eigenvalue weighted by atomic mass is 9.76. The summed E-state index contributed by atoms with van der Waals surface area (Å²) in [4.78, 5) is 5.42. The van der Waals surface area contributed by atoms with Crippen molar-refractivity contribution < 1.29 is 4.39 Å². The average molecular weight is 417 g/mol. The molecule has 0 spiro atoms. The van der Waals surface area contributed by atoms with Gasteiger partial charge in [0.1, 0.15) is 5.82 Å². The predicted octanol–water partition coefficient (Wildman–Crippen LogP) is 6.89. The van der Waals surface area contributed by atoms with Gasteiger partial charge in [0.05, 0.1) is 6.33 Å². The summed E-state index contributed by atoms with van der Waals surface area (Å²) in [6.07, 6.45) is 7.54. The average Bonchev–Trinajstić information content (AvgIpc) is 3.15. The van der Waals surface area contributed by atoms with Gasteiger partial charge < -0.3 is 4.57 Å². The molecule has 2 nitrogen and oxygen atoms in total. The summed E-state index contributed by atoms with van der Waals surface area (Å²) in [6.45, 7) is 7.71. The third-order valence-electron chi connectivity index (χ3n) is 5.22. The minimum atomic E-state index is -0.195. The van der Waals surface area contributed by atoms with Crippen LogP contribution in [0.4, 0.5) is 4.39 Å². The van der Waals surface area contributed by atoms with Crippen LogP contribution in [0.2, 0.25) is 5.02 Å². The monoisotopic (exact) mass is 416 g/mol. The zero-order chi connectivity index (χ0) is 20.2. The first-order chi connectivity index (χ1) is 13.3. The summed E-state index contributed by atoms with van der Waals surface area (Å²) in [5, 5.41) is 0.742. The van der Waals surface area contributed by atoms with E-state index in [1.165, 1.54) is 17.0 Å². The first kappa shape index (κ1) is 20.9. The van der Waals surface area contributed by atoms with E-state index in [0.29, 0.717) is 0 Å². The van der Waals surface area contributed by atoms with Gasteiger partial charge in [-0.2, -0.15) is 0 Å². The van der Waals surface area contributed by atoms with Crippen molar-refractivity contribution in [2.75, 3.05) is 0 Å². The van der Waals surface area contributed by atoms with Gasteiger partial charge in [-0.25, -0.2) is 9.37 Å². The van der Waals surface area contributed by atoms with Crippen molar-refractivity contribution in [1.29, 1.82) is 0 Å². The fourth-order valence-corrected chi connectivity index (χ4v) is 4.90. The van der Waals surface area contributed by atoms with Crippen LogP contribution in [0.5, 0.6) is 0 Å². The maximum Gasteiger partial charge on any atom is 0.123 e. The molecule has 148 valence electrons. The van der Waals surface area contributed by atoms with E-state index >= 15 is 0 Å². The van der Waals surface area contributed by atoms with Crippen LogP contribution in [-0.2, 0) is 13.0 Å². The molecule has 1 heterocycles. The van der Waals surface area contributed by atoms with Gasteiger partial charge in [0.2, 0.25) is 0 Å². The largest absolute Gasteiger partial charge is 0.336 e. The second-order valence-electron chi connectivity index (χ2n) is 8.16. The summed E-state index contributed by atoms with van der Waals surface area (Å²) in [7, 11) is 0. The topological polar surface area (TPSA) is 17.8 Å². The number of hydrogen-bond acceptors (Lipinski definition) is 2. The molecular weight excluding hydrogens is 391 g/mol. The molecule has 0 amide bonds. The van der Waals surface area contributed by atoms with E-state index in [1.807, 2.05) is 54.7 Å². The molecular formula is C23H26ClFN2S. The van der Waals surface area contributed by atoms with E-state index in [0.717, 1.165) is 30.0 Å². The number of imidazole rings is 1. The first-order valence-corrected chi connectivity index (χ1v) is 10.6. The van der Waals surface area contributed by atoms with Crippen LogP contribution >= 0.6 is 23.4 Å². The van der Waals surface area contributed by atoms with Gasteiger partial charge in [-0.1, -0.05) is 44.5 Å². The Morgan fingerprint density at radius 3 is 2.29 bits per heavy atom. The molecule has 1 unspecified atom stereocenters. The molecule has 2 aromatic carbocycles. The fourth-order valence-electron chi connectivity index (χ4n) is 3.33. The summed E-state index contributed by atoms with van der Waals surface area (Å²) >= 11 is 7.98. The number of thioether (sulfide) groups is 1. The zero-order valence-electron chi connectivity index (χ0n) is 16.5. The highest BCUT2D eigenvalue weighted by atomic mass is 35.5. The van der Waals surface area contributed by atoms with E-state index in [1.54, 1.807) is 0 Å². The molecule has 3 aromatic rings. The smallest absolute Gasteiger partial charge is 0.123 e. The van der Waals surface area contributed by atoms with E-state index in [2.05, 4.69) is 42.5 Å². The second kappa shape index (κ2) is 8.71. The van der Waals surface area contributed by atoms with Gasteiger partial charge >= 0.3 is 0 Å². The number of nitrogens with zero attached hydrogens (tertiary/aromatic N) is 2. The van der Waals surface area contributed by atoms with Gasteiger partial charge in [0.15, 0.2) is 0 Å². The normalized spacial score (nSPS) is 14.0. The maximum absolute atomic E-state index is 13.3. The Morgan fingerprint density at radius 1 is 1.04 bits per heavy atom. The molecule has 0 saturated carbocycles. The molecule has 0 saturated heterocycles. The van der Waals surface area contributed by atoms with Crippen LogP contribution in [0, 0.1) is 11.2 Å². The van der Waals surface area contributed by atoms with Gasteiger partial charge in [0, 0.05) is 33.6 Å². The number of benzene rings is 2. The van der Waals surface area contributed by atoms with E-state index < -0.39 is 0 Å². The Hall–Kier alpha value is -1.78. The van der Waals surface area contributed by atoms with Crippen molar-refractivity contribution in [3.8, 4) is 0 Å². The third-order valence-corrected chi connectivity index (χ3v) is 7.32. The molecule has 5 heteroatoms. The Labute approximate surface area is 176 Å². The van der Waals surface area contributed by atoms with E-state index in [4.69, 9.17) is 11.6 Å². The SMILES string of the molecule is CC(C)(C)C(CCc1ccc(F)cc1)(Cn1ccnc1)Sc1ccc(Cl)cc1. The Bertz CT molecular complexity index is 870. The van der Waals surface area contributed by atoms with Crippen LogP contribution in [0.15, 0.2) is 72.1 Å². The molecule has 0 aliphatic heterocycles. The highest BCUT2D eigenvalue weighted by Crippen LogP contribution is 2.50. The molecule has 0 aliphatic carbocycles. The van der Waals surface area contributed by atoms with Crippen LogP contribution in [0.1, 0.15) is 32.8 Å². The lowest BCUT2D eigenvalue weighted by molar-refractivity contribution is 0.237. The van der Waals surface area contributed by atoms with Gasteiger partial charge in [-0.3, -0.25) is 0 Å². The van der Waals surface area contributed by atoms with Gasteiger partial charge in [-0.15, -0.1) is 11.8 Å².